The van der Waals surface area contributed by atoms with Gasteiger partial charge in [-0.25, -0.2) is 0 Å². The fourth-order valence-corrected chi connectivity index (χ4v) is 5.03. The average Bonchev–Trinajstić information content (AvgIpc) is 2.66. The van der Waals surface area contributed by atoms with E-state index in [0.717, 1.165) is 19.6 Å². The first-order chi connectivity index (χ1) is 13.5. The topological polar surface area (TPSA) is 88.2 Å². The van der Waals surface area contributed by atoms with Gasteiger partial charge in [-0.15, -0.1) is 4.99 Å². The molecule has 0 saturated carbocycles. The van der Waals surface area contributed by atoms with Gasteiger partial charge in [0.05, 0.1) is 19.6 Å². The molecule has 0 rings (SSSR count). The first-order valence-electron chi connectivity index (χ1n) is 11.6. The van der Waals surface area contributed by atoms with Gasteiger partial charge in [0.1, 0.15) is 0 Å². The van der Waals surface area contributed by atoms with Crippen molar-refractivity contribution in [2.24, 2.45) is 22.4 Å². The molecule has 0 aromatic rings. The summed E-state index contributed by atoms with van der Waals surface area (Å²) >= 11 is 2.10. The third-order valence-electron chi connectivity index (χ3n) is 5.73. The van der Waals surface area contributed by atoms with E-state index in [1.54, 1.807) is 0 Å². The number of thioether (sulfide) groups is 1. The van der Waals surface area contributed by atoms with Gasteiger partial charge in [-0.2, -0.15) is 11.8 Å². The zero-order valence-electron chi connectivity index (χ0n) is 19.1. The van der Waals surface area contributed by atoms with Gasteiger partial charge < -0.3 is 11.5 Å². The van der Waals surface area contributed by atoms with Crippen LogP contribution in [-0.2, 0) is 0 Å². The fourth-order valence-electron chi connectivity index (χ4n) is 3.85. The average molecular weight is 415 g/mol. The van der Waals surface area contributed by atoms with Crippen LogP contribution in [0.25, 0.3) is 0 Å². The SMILES string of the molecule is CCCCCCCCCCSCC(CCC)C[N+](CC)(CC)C(N)=NC(=N)N. The number of rotatable bonds is 17. The van der Waals surface area contributed by atoms with E-state index >= 15 is 0 Å². The van der Waals surface area contributed by atoms with Crippen LogP contribution < -0.4 is 11.5 Å². The van der Waals surface area contributed by atoms with Crippen molar-refractivity contribution >= 4 is 23.7 Å². The number of guanidine groups is 2. The zero-order valence-corrected chi connectivity index (χ0v) is 20.0. The molecule has 28 heavy (non-hydrogen) atoms. The fraction of sp³-hybridized carbons (Fsp3) is 0.909. The molecule has 0 fully saturated rings. The van der Waals surface area contributed by atoms with Gasteiger partial charge in [-0.3, -0.25) is 9.89 Å². The Kier molecular flexibility index (Phi) is 16.7. The first-order valence-corrected chi connectivity index (χ1v) is 12.7. The normalized spacial score (nSPS) is 13.6. The highest BCUT2D eigenvalue weighted by Gasteiger charge is 2.32. The lowest BCUT2D eigenvalue weighted by Gasteiger charge is -2.37. The minimum Gasteiger partial charge on any atom is -0.368 e. The van der Waals surface area contributed by atoms with Crippen molar-refractivity contribution in [3.63, 3.8) is 0 Å². The maximum absolute atomic E-state index is 7.45. The third kappa shape index (κ3) is 11.9. The van der Waals surface area contributed by atoms with Crippen molar-refractivity contribution in [3.05, 3.63) is 0 Å². The molecular formula is C22H48N5S+. The Bertz CT molecular complexity index is 421. The largest absolute Gasteiger partial charge is 0.368 e. The number of hydrogen-bond acceptors (Lipinski definition) is 2. The van der Waals surface area contributed by atoms with Crippen molar-refractivity contribution in [2.75, 3.05) is 31.1 Å². The molecular weight excluding hydrogens is 366 g/mol. The number of unbranched alkanes of at least 4 members (excludes halogenated alkanes) is 7. The van der Waals surface area contributed by atoms with Gasteiger partial charge in [0.25, 0.3) is 0 Å². The van der Waals surface area contributed by atoms with E-state index in [1.165, 1.54) is 75.7 Å². The maximum Gasteiger partial charge on any atom is 0.302 e. The molecule has 0 saturated heterocycles. The minimum atomic E-state index is -0.196. The Labute approximate surface area is 179 Å². The molecule has 0 aromatic heterocycles. The lowest BCUT2D eigenvalue weighted by atomic mass is 10.0. The summed E-state index contributed by atoms with van der Waals surface area (Å²) in [6, 6.07) is 0. The predicted octanol–water partition coefficient (Wildman–Crippen LogP) is 5.34. The number of quaternary nitrogens is 1. The minimum absolute atomic E-state index is 0.196. The van der Waals surface area contributed by atoms with Crippen molar-refractivity contribution in [3.8, 4) is 0 Å². The van der Waals surface area contributed by atoms with Gasteiger partial charge in [0.2, 0.25) is 5.96 Å². The summed E-state index contributed by atoms with van der Waals surface area (Å²) in [5.41, 5.74) is 11.7. The van der Waals surface area contributed by atoms with Gasteiger partial charge in [-0.05, 0) is 32.4 Å². The number of nitrogens with two attached hydrogens (primary N) is 2. The van der Waals surface area contributed by atoms with Crippen LogP contribution in [0.1, 0.15) is 91.9 Å². The summed E-state index contributed by atoms with van der Waals surface area (Å²) in [6.45, 7) is 11.6. The molecule has 0 radical (unpaired) electrons. The molecule has 0 aliphatic rings. The summed E-state index contributed by atoms with van der Waals surface area (Å²) in [5, 5.41) is 7.45. The van der Waals surface area contributed by atoms with Gasteiger partial charge in [0.15, 0.2) is 0 Å². The summed E-state index contributed by atoms with van der Waals surface area (Å²) < 4.78 is 0.641. The number of aliphatic imine (C=N–C) groups is 1. The Hall–Kier alpha value is -0.750. The lowest BCUT2D eigenvalue weighted by molar-refractivity contribution is -0.842. The molecule has 5 nitrogen and oxygen atoms in total. The van der Waals surface area contributed by atoms with Crippen LogP contribution in [0.4, 0.5) is 0 Å². The van der Waals surface area contributed by atoms with E-state index in [1.807, 2.05) is 0 Å². The van der Waals surface area contributed by atoms with Crippen molar-refractivity contribution in [1.82, 2.24) is 0 Å². The summed E-state index contributed by atoms with van der Waals surface area (Å²) in [6.07, 6.45) is 13.5. The van der Waals surface area contributed by atoms with Crippen molar-refractivity contribution < 1.29 is 4.48 Å². The van der Waals surface area contributed by atoms with Crippen LogP contribution in [-0.4, -0.2) is 47.5 Å². The predicted molar refractivity (Wildman–Crippen MR) is 128 cm³/mol. The Morgan fingerprint density at radius 1 is 0.893 bits per heavy atom. The summed E-state index contributed by atoms with van der Waals surface area (Å²) in [4.78, 5) is 4.08. The number of hydrogen-bond donors (Lipinski definition) is 3. The first kappa shape index (κ1) is 27.2. The molecule has 0 spiro atoms. The third-order valence-corrected chi connectivity index (χ3v) is 7.02. The van der Waals surface area contributed by atoms with E-state index in [4.69, 9.17) is 16.9 Å². The Balaban J connectivity index is 4.37. The molecule has 1 atom stereocenters. The van der Waals surface area contributed by atoms with Gasteiger partial charge in [-0.1, -0.05) is 65.2 Å². The van der Waals surface area contributed by atoms with Crippen LogP contribution >= 0.6 is 11.8 Å². The highest BCUT2D eigenvalue weighted by Crippen LogP contribution is 2.21. The Morgan fingerprint density at radius 2 is 1.46 bits per heavy atom. The summed E-state index contributed by atoms with van der Waals surface area (Å²) in [5.74, 6) is 3.39. The van der Waals surface area contributed by atoms with Crippen LogP contribution in [0, 0.1) is 11.3 Å². The molecule has 0 amide bonds. The molecule has 6 heteroatoms. The van der Waals surface area contributed by atoms with Crippen LogP contribution in [0.2, 0.25) is 0 Å². The highest BCUT2D eigenvalue weighted by atomic mass is 32.2. The van der Waals surface area contributed by atoms with E-state index in [2.05, 4.69) is 44.4 Å². The molecule has 166 valence electrons. The van der Waals surface area contributed by atoms with Gasteiger partial charge >= 0.3 is 5.96 Å². The van der Waals surface area contributed by atoms with E-state index in [0.29, 0.717) is 16.4 Å². The lowest BCUT2D eigenvalue weighted by Crippen LogP contribution is -2.59. The van der Waals surface area contributed by atoms with E-state index in [9.17, 15) is 0 Å². The second-order valence-corrected chi connectivity index (χ2v) is 9.17. The standard InChI is InChI=1S/C22H48N5S/c1-5-9-10-11-12-13-14-15-17-28-19-20(16-6-2)18-27(7-3,8-4)22(25)26-21(23)24/h20H,5-19H2,1-4H3,(H5,23,24,25,26)/q+1. The van der Waals surface area contributed by atoms with E-state index < -0.39 is 0 Å². The zero-order chi connectivity index (χ0) is 21.3. The molecule has 0 heterocycles. The van der Waals surface area contributed by atoms with Crippen LogP contribution in [0.3, 0.4) is 0 Å². The number of nitrogens with zero attached hydrogens (tertiary/aromatic N) is 2. The Morgan fingerprint density at radius 3 is 1.96 bits per heavy atom. The molecule has 0 aromatic carbocycles. The number of nitrogens with one attached hydrogen (secondary N) is 1. The maximum atomic E-state index is 7.45. The molecule has 5 N–H and O–H groups in total. The molecule has 0 aliphatic carbocycles. The second-order valence-electron chi connectivity index (χ2n) is 8.02. The molecule has 0 bridgehead atoms. The van der Waals surface area contributed by atoms with Crippen LogP contribution in [0.5, 0.6) is 0 Å². The monoisotopic (exact) mass is 414 g/mol. The molecule has 0 aliphatic heterocycles. The van der Waals surface area contributed by atoms with Crippen molar-refractivity contribution in [1.29, 1.82) is 5.41 Å². The van der Waals surface area contributed by atoms with Crippen LogP contribution in [0.15, 0.2) is 4.99 Å². The second kappa shape index (κ2) is 17.1. The van der Waals surface area contributed by atoms with Gasteiger partial charge in [0, 0.05) is 11.7 Å². The van der Waals surface area contributed by atoms with E-state index in [-0.39, 0.29) is 5.96 Å². The quantitative estimate of drug-likeness (QED) is 0.130. The smallest absolute Gasteiger partial charge is 0.302 e. The van der Waals surface area contributed by atoms with Crippen molar-refractivity contribution in [2.45, 2.75) is 91.9 Å². The molecule has 1 unspecified atom stereocenters. The summed E-state index contributed by atoms with van der Waals surface area (Å²) in [7, 11) is 0. The highest BCUT2D eigenvalue weighted by molar-refractivity contribution is 7.99.